The van der Waals surface area contributed by atoms with Gasteiger partial charge in [-0.2, -0.15) is 0 Å². The molecule has 0 aromatic heterocycles. The smallest absolute Gasteiger partial charge is 0.328 e. The number of nitrogens with zero attached hydrogens (tertiary/aromatic N) is 1. The molecule has 6 nitrogen and oxygen atoms in total. The maximum Gasteiger partial charge on any atom is 0.328 e. The number of nitrogens with one attached hydrogen (secondary N) is 1. The summed E-state index contributed by atoms with van der Waals surface area (Å²) >= 11 is 0. The van der Waals surface area contributed by atoms with E-state index in [-0.39, 0.29) is 23.8 Å². The van der Waals surface area contributed by atoms with Crippen molar-refractivity contribution in [2.45, 2.75) is 38.3 Å². The highest BCUT2D eigenvalue weighted by atomic mass is 16.5. The topological polar surface area (TPSA) is 67.9 Å². The summed E-state index contributed by atoms with van der Waals surface area (Å²) in [7, 11) is 1.37. The Labute approximate surface area is 119 Å². The predicted octanol–water partition coefficient (Wildman–Crippen LogP) is 0.165. The zero-order valence-corrected chi connectivity index (χ0v) is 12.3. The summed E-state index contributed by atoms with van der Waals surface area (Å²) in [5, 5.41) is 3.36. The number of amides is 1. The third-order valence-corrected chi connectivity index (χ3v) is 4.06. The van der Waals surface area contributed by atoms with Crippen LogP contribution in [-0.4, -0.2) is 62.3 Å². The summed E-state index contributed by atoms with van der Waals surface area (Å²) in [6, 6.07) is -0.360. The minimum atomic E-state index is -0.417. The first-order valence-corrected chi connectivity index (χ1v) is 7.38. The summed E-state index contributed by atoms with van der Waals surface area (Å²) in [4.78, 5) is 26.1. The molecule has 0 bridgehead atoms. The highest BCUT2D eigenvalue weighted by molar-refractivity contribution is 5.87. The molecule has 6 heteroatoms. The third-order valence-electron chi connectivity index (χ3n) is 4.06. The molecule has 0 spiro atoms. The van der Waals surface area contributed by atoms with Crippen LogP contribution in [0.5, 0.6) is 0 Å². The molecule has 0 radical (unpaired) electrons. The first-order chi connectivity index (χ1) is 9.69. The van der Waals surface area contributed by atoms with E-state index in [0.29, 0.717) is 26.2 Å². The van der Waals surface area contributed by atoms with Crippen molar-refractivity contribution in [3.63, 3.8) is 0 Å². The molecule has 2 aliphatic heterocycles. The first-order valence-electron chi connectivity index (χ1n) is 7.38. The highest BCUT2D eigenvalue weighted by Crippen LogP contribution is 2.24. The van der Waals surface area contributed by atoms with Crippen molar-refractivity contribution >= 4 is 11.9 Å². The Morgan fingerprint density at radius 2 is 2.20 bits per heavy atom. The molecule has 0 aromatic rings. The summed E-state index contributed by atoms with van der Waals surface area (Å²) in [6.45, 7) is 4.60. The normalized spacial score (nSPS) is 29.7. The molecule has 2 aliphatic rings. The number of hydrogen-bond acceptors (Lipinski definition) is 5. The van der Waals surface area contributed by atoms with E-state index in [1.54, 1.807) is 4.90 Å². The van der Waals surface area contributed by atoms with Gasteiger partial charge in [0.2, 0.25) is 5.91 Å². The van der Waals surface area contributed by atoms with Crippen LogP contribution in [0.1, 0.15) is 26.2 Å². The lowest BCUT2D eigenvalue weighted by Crippen LogP contribution is -2.49. The van der Waals surface area contributed by atoms with Gasteiger partial charge in [0, 0.05) is 12.6 Å². The molecular weight excluding hydrogens is 260 g/mol. The van der Waals surface area contributed by atoms with Crippen LogP contribution in [0.2, 0.25) is 0 Å². The van der Waals surface area contributed by atoms with Crippen LogP contribution >= 0.6 is 0 Å². The quantitative estimate of drug-likeness (QED) is 0.729. The molecule has 3 atom stereocenters. The minimum absolute atomic E-state index is 0.0176. The van der Waals surface area contributed by atoms with E-state index in [9.17, 15) is 9.59 Å². The van der Waals surface area contributed by atoms with Crippen LogP contribution in [0.4, 0.5) is 0 Å². The summed E-state index contributed by atoms with van der Waals surface area (Å²) in [6.07, 6.45) is 2.57. The van der Waals surface area contributed by atoms with Crippen molar-refractivity contribution in [3.8, 4) is 0 Å². The van der Waals surface area contributed by atoms with E-state index in [1.165, 1.54) is 7.11 Å². The van der Waals surface area contributed by atoms with E-state index in [1.807, 2.05) is 0 Å². The Balaban J connectivity index is 2.00. The second kappa shape index (κ2) is 7.04. The van der Waals surface area contributed by atoms with Crippen LogP contribution in [0.25, 0.3) is 0 Å². The van der Waals surface area contributed by atoms with E-state index in [0.717, 1.165) is 19.4 Å². The van der Waals surface area contributed by atoms with Gasteiger partial charge in [-0.25, -0.2) is 4.79 Å². The van der Waals surface area contributed by atoms with Gasteiger partial charge in [-0.3, -0.25) is 4.79 Å². The summed E-state index contributed by atoms with van der Waals surface area (Å²) in [5.41, 5.74) is 0. The monoisotopic (exact) mass is 284 g/mol. The lowest BCUT2D eigenvalue weighted by Gasteiger charge is -2.27. The predicted molar refractivity (Wildman–Crippen MR) is 73.1 cm³/mol. The largest absolute Gasteiger partial charge is 0.467 e. The number of carbonyl (C=O) groups excluding carboxylic acids is 2. The zero-order chi connectivity index (χ0) is 14.5. The zero-order valence-electron chi connectivity index (χ0n) is 12.3. The molecule has 0 saturated carbocycles. The maximum absolute atomic E-state index is 12.7. The molecule has 2 fully saturated rings. The van der Waals surface area contributed by atoms with Crippen molar-refractivity contribution in [1.29, 1.82) is 0 Å². The van der Waals surface area contributed by atoms with Crippen molar-refractivity contribution in [2.75, 3.05) is 33.4 Å². The maximum atomic E-state index is 12.7. The van der Waals surface area contributed by atoms with Gasteiger partial charge in [-0.05, 0) is 25.8 Å². The number of ether oxygens (including phenoxy) is 2. The SMILES string of the molecule is CCCNC1COCC1C(=O)N1CCCC1C(=O)OC. The summed E-state index contributed by atoms with van der Waals surface area (Å²) in [5.74, 6) is -0.483. The van der Waals surface area contributed by atoms with Crippen LogP contribution in [0, 0.1) is 5.92 Å². The standard InChI is InChI=1S/C14H24N2O4/c1-3-6-15-11-9-20-8-10(11)13(17)16-7-4-5-12(16)14(18)19-2/h10-12,15H,3-9H2,1-2H3. The molecule has 1 N–H and O–H groups in total. The average molecular weight is 284 g/mol. The molecular formula is C14H24N2O4. The average Bonchev–Trinajstić information content (AvgIpc) is 3.12. The molecule has 20 heavy (non-hydrogen) atoms. The van der Waals surface area contributed by atoms with Gasteiger partial charge < -0.3 is 19.7 Å². The molecule has 2 rings (SSSR count). The fourth-order valence-corrected chi connectivity index (χ4v) is 2.95. The number of methoxy groups -OCH3 is 1. The number of carbonyl (C=O) groups is 2. The fraction of sp³-hybridized carbons (Fsp3) is 0.857. The van der Waals surface area contributed by atoms with Crippen LogP contribution in [-0.2, 0) is 19.1 Å². The van der Waals surface area contributed by atoms with E-state index in [4.69, 9.17) is 9.47 Å². The van der Waals surface area contributed by atoms with Crippen LogP contribution < -0.4 is 5.32 Å². The minimum Gasteiger partial charge on any atom is -0.467 e. The van der Waals surface area contributed by atoms with Crippen molar-refractivity contribution in [2.24, 2.45) is 5.92 Å². The Hall–Kier alpha value is -1.14. The number of rotatable bonds is 5. The Bertz CT molecular complexity index is 361. The van der Waals surface area contributed by atoms with E-state index in [2.05, 4.69) is 12.2 Å². The Kier molecular flexibility index (Phi) is 5.37. The molecule has 3 unspecified atom stereocenters. The third kappa shape index (κ3) is 3.12. The number of likely N-dealkylation sites (tertiary alicyclic amines) is 1. The van der Waals surface area contributed by atoms with E-state index >= 15 is 0 Å². The molecule has 1 amide bonds. The molecule has 0 aliphatic carbocycles. The van der Waals surface area contributed by atoms with Crippen molar-refractivity contribution in [1.82, 2.24) is 10.2 Å². The van der Waals surface area contributed by atoms with Crippen molar-refractivity contribution in [3.05, 3.63) is 0 Å². The highest BCUT2D eigenvalue weighted by Gasteiger charge is 2.42. The van der Waals surface area contributed by atoms with Gasteiger partial charge in [0.1, 0.15) is 6.04 Å². The van der Waals surface area contributed by atoms with E-state index < -0.39 is 6.04 Å². The lowest BCUT2D eigenvalue weighted by molar-refractivity contribution is -0.152. The molecule has 2 saturated heterocycles. The fourth-order valence-electron chi connectivity index (χ4n) is 2.95. The molecule has 114 valence electrons. The van der Waals surface area contributed by atoms with Gasteiger partial charge in [-0.15, -0.1) is 0 Å². The van der Waals surface area contributed by atoms with Crippen LogP contribution in [0.3, 0.4) is 0 Å². The Morgan fingerprint density at radius 3 is 2.90 bits per heavy atom. The molecule has 0 aromatic carbocycles. The lowest BCUT2D eigenvalue weighted by atomic mass is 10.0. The van der Waals surface area contributed by atoms with Gasteiger partial charge in [0.05, 0.1) is 26.2 Å². The van der Waals surface area contributed by atoms with Crippen molar-refractivity contribution < 1.29 is 19.1 Å². The molecule has 2 heterocycles. The second-order valence-corrected chi connectivity index (χ2v) is 5.42. The first kappa shape index (κ1) is 15.3. The van der Waals surface area contributed by atoms with Gasteiger partial charge in [-0.1, -0.05) is 6.92 Å². The van der Waals surface area contributed by atoms with Gasteiger partial charge in [0.15, 0.2) is 0 Å². The van der Waals surface area contributed by atoms with Gasteiger partial charge >= 0.3 is 5.97 Å². The Morgan fingerprint density at radius 1 is 1.40 bits per heavy atom. The number of esters is 1. The second-order valence-electron chi connectivity index (χ2n) is 5.42. The van der Waals surface area contributed by atoms with Crippen LogP contribution in [0.15, 0.2) is 0 Å². The summed E-state index contributed by atoms with van der Waals surface area (Å²) < 4.78 is 10.2. The van der Waals surface area contributed by atoms with Gasteiger partial charge in [0.25, 0.3) is 0 Å². The number of hydrogen-bond donors (Lipinski definition) is 1.